The van der Waals surface area contributed by atoms with Crippen LogP contribution in [0.4, 0.5) is 0 Å². The third-order valence-corrected chi connectivity index (χ3v) is 5.41. The van der Waals surface area contributed by atoms with E-state index >= 15 is 0 Å². The van der Waals surface area contributed by atoms with Crippen LogP contribution in [0.15, 0.2) is 88.4 Å². The van der Waals surface area contributed by atoms with Gasteiger partial charge in [-0.3, -0.25) is 0 Å². The molecule has 0 saturated heterocycles. The zero-order chi connectivity index (χ0) is 17.2. The van der Waals surface area contributed by atoms with Crippen LogP contribution >= 0.6 is 27.7 Å². The predicted octanol–water partition coefficient (Wildman–Crippen LogP) is 7.05. The van der Waals surface area contributed by atoms with Gasteiger partial charge in [0.05, 0.1) is 5.52 Å². The van der Waals surface area contributed by atoms with Crippen LogP contribution in [0.5, 0.6) is 0 Å². The predicted molar refractivity (Wildman–Crippen MR) is 112 cm³/mol. The minimum atomic E-state index is 1.02. The molecule has 4 rings (SSSR count). The topological polar surface area (TPSA) is 12.9 Å². The van der Waals surface area contributed by atoms with E-state index in [1.54, 1.807) is 11.8 Å². The first-order chi connectivity index (χ1) is 12.3. The third-order valence-electron chi connectivity index (χ3n) is 4.23. The zero-order valence-corrected chi connectivity index (χ0v) is 16.1. The molecule has 25 heavy (non-hydrogen) atoms. The normalized spacial score (nSPS) is 11.0. The van der Waals surface area contributed by atoms with Crippen LogP contribution in [0.1, 0.15) is 0 Å². The minimum absolute atomic E-state index is 1.02. The lowest BCUT2D eigenvalue weighted by molar-refractivity contribution is 1.20. The Balaban J connectivity index is 2.18. The molecule has 0 spiro atoms. The van der Waals surface area contributed by atoms with Crippen LogP contribution in [-0.4, -0.2) is 11.2 Å². The van der Waals surface area contributed by atoms with Crippen molar-refractivity contribution in [2.75, 3.05) is 6.26 Å². The van der Waals surface area contributed by atoms with Crippen LogP contribution in [0, 0.1) is 0 Å². The number of benzene rings is 3. The molecule has 0 fully saturated rings. The summed E-state index contributed by atoms with van der Waals surface area (Å²) in [4.78, 5) is 4.94. The highest BCUT2D eigenvalue weighted by Crippen LogP contribution is 2.42. The Morgan fingerprint density at radius 2 is 1.36 bits per heavy atom. The first kappa shape index (κ1) is 16.4. The van der Waals surface area contributed by atoms with Gasteiger partial charge in [0, 0.05) is 21.0 Å². The van der Waals surface area contributed by atoms with Crippen molar-refractivity contribution in [2.24, 2.45) is 0 Å². The summed E-state index contributed by atoms with van der Waals surface area (Å²) in [6.45, 7) is 0. The summed E-state index contributed by atoms with van der Waals surface area (Å²) in [5.41, 5.74) is 5.86. The van der Waals surface area contributed by atoms with Gasteiger partial charge in [0.1, 0.15) is 5.03 Å². The second-order valence-corrected chi connectivity index (χ2v) is 7.48. The van der Waals surface area contributed by atoms with Gasteiger partial charge in [0.15, 0.2) is 0 Å². The molecule has 0 unspecified atom stereocenters. The Hall–Kier alpha value is -2.10. The van der Waals surface area contributed by atoms with Gasteiger partial charge < -0.3 is 0 Å². The van der Waals surface area contributed by atoms with E-state index in [0.29, 0.717) is 0 Å². The van der Waals surface area contributed by atoms with Crippen LogP contribution in [0.3, 0.4) is 0 Å². The number of halogens is 1. The minimum Gasteiger partial charge on any atom is -0.241 e. The number of nitrogens with zero attached hydrogens (tertiary/aromatic N) is 1. The van der Waals surface area contributed by atoms with Gasteiger partial charge in [0.25, 0.3) is 0 Å². The molecule has 3 heteroatoms. The SMILES string of the molecule is CSc1nc2ccc(Br)cc2c(-c2ccccc2)c1-c1ccccc1. The Morgan fingerprint density at radius 1 is 0.760 bits per heavy atom. The van der Waals surface area contributed by atoms with E-state index in [2.05, 4.69) is 101 Å². The maximum absolute atomic E-state index is 4.94. The van der Waals surface area contributed by atoms with Crippen LogP contribution in [0.2, 0.25) is 0 Å². The van der Waals surface area contributed by atoms with E-state index in [0.717, 1.165) is 20.4 Å². The van der Waals surface area contributed by atoms with E-state index in [-0.39, 0.29) is 0 Å². The molecule has 0 aliphatic carbocycles. The van der Waals surface area contributed by atoms with Crippen molar-refractivity contribution in [3.8, 4) is 22.3 Å². The number of aromatic nitrogens is 1. The van der Waals surface area contributed by atoms with E-state index in [1.165, 1.54) is 22.3 Å². The molecular weight excluding hydrogens is 390 g/mol. The average Bonchev–Trinajstić information content (AvgIpc) is 2.68. The molecule has 1 nitrogen and oxygen atoms in total. The van der Waals surface area contributed by atoms with Crippen molar-refractivity contribution in [1.29, 1.82) is 0 Å². The number of fused-ring (bicyclic) bond motifs is 1. The summed E-state index contributed by atoms with van der Waals surface area (Å²) in [6.07, 6.45) is 2.09. The summed E-state index contributed by atoms with van der Waals surface area (Å²) >= 11 is 5.32. The van der Waals surface area contributed by atoms with Gasteiger partial charge >= 0.3 is 0 Å². The van der Waals surface area contributed by atoms with Crippen molar-refractivity contribution >= 4 is 38.6 Å². The molecule has 0 N–H and O–H groups in total. The first-order valence-electron chi connectivity index (χ1n) is 8.06. The zero-order valence-electron chi connectivity index (χ0n) is 13.7. The number of thioether (sulfide) groups is 1. The summed E-state index contributed by atoms with van der Waals surface area (Å²) in [6, 6.07) is 27.4. The second kappa shape index (κ2) is 7.03. The van der Waals surface area contributed by atoms with Gasteiger partial charge in [0.2, 0.25) is 0 Å². The Kier molecular flexibility index (Phi) is 4.60. The number of rotatable bonds is 3. The summed E-state index contributed by atoms with van der Waals surface area (Å²) in [5.74, 6) is 0. The summed E-state index contributed by atoms with van der Waals surface area (Å²) in [7, 11) is 0. The maximum atomic E-state index is 4.94. The molecule has 122 valence electrons. The lowest BCUT2D eigenvalue weighted by Gasteiger charge is -2.17. The molecular formula is C22H16BrNS. The number of hydrogen-bond donors (Lipinski definition) is 0. The number of pyridine rings is 1. The van der Waals surface area contributed by atoms with Crippen molar-refractivity contribution < 1.29 is 0 Å². The van der Waals surface area contributed by atoms with E-state index < -0.39 is 0 Å². The molecule has 0 saturated carbocycles. The number of hydrogen-bond acceptors (Lipinski definition) is 2. The second-order valence-electron chi connectivity index (χ2n) is 5.76. The standard InChI is InChI=1S/C22H16BrNS/c1-25-22-21(16-10-6-3-7-11-16)20(15-8-4-2-5-9-15)18-14-17(23)12-13-19(18)24-22/h2-14H,1H3. The summed E-state index contributed by atoms with van der Waals surface area (Å²) in [5, 5.41) is 2.22. The molecule has 0 aliphatic heterocycles. The van der Waals surface area contributed by atoms with Crippen molar-refractivity contribution in [3.05, 3.63) is 83.3 Å². The molecule has 0 aliphatic rings. The summed E-state index contributed by atoms with van der Waals surface area (Å²) < 4.78 is 1.06. The molecule has 0 radical (unpaired) electrons. The Labute approximate surface area is 160 Å². The van der Waals surface area contributed by atoms with Crippen LogP contribution < -0.4 is 0 Å². The highest BCUT2D eigenvalue weighted by Gasteiger charge is 2.17. The van der Waals surface area contributed by atoms with Gasteiger partial charge in [-0.1, -0.05) is 76.6 Å². The molecule has 0 bridgehead atoms. The fourth-order valence-corrected chi connectivity index (χ4v) is 4.11. The third kappa shape index (κ3) is 3.10. The van der Waals surface area contributed by atoms with Crippen LogP contribution in [0.25, 0.3) is 33.2 Å². The molecule has 0 amide bonds. The molecule has 0 atom stereocenters. The Bertz CT molecular complexity index is 1030. The highest BCUT2D eigenvalue weighted by atomic mass is 79.9. The lowest BCUT2D eigenvalue weighted by Crippen LogP contribution is -1.94. The smallest absolute Gasteiger partial charge is 0.105 e. The van der Waals surface area contributed by atoms with Crippen molar-refractivity contribution in [2.45, 2.75) is 5.03 Å². The lowest BCUT2D eigenvalue weighted by atomic mass is 9.92. The first-order valence-corrected chi connectivity index (χ1v) is 10.1. The van der Waals surface area contributed by atoms with Gasteiger partial charge in [-0.05, 0) is 35.6 Å². The average molecular weight is 406 g/mol. The van der Waals surface area contributed by atoms with Crippen LogP contribution in [-0.2, 0) is 0 Å². The van der Waals surface area contributed by atoms with E-state index in [1.807, 2.05) is 0 Å². The largest absolute Gasteiger partial charge is 0.241 e. The van der Waals surface area contributed by atoms with E-state index in [4.69, 9.17) is 4.98 Å². The molecule has 3 aromatic carbocycles. The van der Waals surface area contributed by atoms with Gasteiger partial charge in [-0.2, -0.15) is 0 Å². The molecule has 4 aromatic rings. The maximum Gasteiger partial charge on any atom is 0.105 e. The molecule has 1 aromatic heterocycles. The monoisotopic (exact) mass is 405 g/mol. The highest BCUT2D eigenvalue weighted by molar-refractivity contribution is 9.10. The fourth-order valence-electron chi connectivity index (χ4n) is 3.14. The Morgan fingerprint density at radius 3 is 1.96 bits per heavy atom. The fraction of sp³-hybridized carbons (Fsp3) is 0.0455. The quantitative estimate of drug-likeness (QED) is 0.338. The molecule has 1 heterocycles. The van der Waals surface area contributed by atoms with Crippen molar-refractivity contribution in [3.63, 3.8) is 0 Å². The van der Waals surface area contributed by atoms with Gasteiger partial charge in [-0.25, -0.2) is 4.98 Å². The van der Waals surface area contributed by atoms with E-state index in [9.17, 15) is 0 Å². The van der Waals surface area contributed by atoms with Gasteiger partial charge in [-0.15, -0.1) is 11.8 Å². The van der Waals surface area contributed by atoms with Crippen molar-refractivity contribution in [1.82, 2.24) is 4.98 Å².